The minimum absolute atomic E-state index is 0.334. The first kappa shape index (κ1) is 14.0. The number of rotatable bonds is 6. The number of aryl methyl sites for hydroxylation is 1. The highest BCUT2D eigenvalue weighted by molar-refractivity contribution is 5.37. The van der Waals surface area contributed by atoms with Crippen molar-refractivity contribution in [1.29, 1.82) is 0 Å². The highest BCUT2D eigenvalue weighted by atomic mass is 16.5. The van der Waals surface area contributed by atoms with Crippen LogP contribution in [0.15, 0.2) is 18.2 Å². The normalized spacial score (nSPS) is 14.4. The van der Waals surface area contributed by atoms with E-state index >= 15 is 0 Å². The van der Waals surface area contributed by atoms with Gasteiger partial charge in [0, 0.05) is 13.5 Å². The molecule has 0 fully saturated rings. The smallest absolute Gasteiger partial charge is 0.122 e. The van der Waals surface area contributed by atoms with Crippen molar-refractivity contribution in [2.75, 3.05) is 20.8 Å². The third kappa shape index (κ3) is 3.72. The van der Waals surface area contributed by atoms with Crippen molar-refractivity contribution in [3.8, 4) is 5.75 Å². The van der Waals surface area contributed by atoms with Crippen LogP contribution in [0.2, 0.25) is 0 Å². The molecule has 96 valence electrons. The van der Waals surface area contributed by atoms with Gasteiger partial charge in [0.2, 0.25) is 0 Å². The van der Waals surface area contributed by atoms with Crippen LogP contribution in [0, 0.1) is 6.92 Å². The van der Waals surface area contributed by atoms with Gasteiger partial charge in [-0.3, -0.25) is 0 Å². The molecular weight excluding hydrogens is 216 g/mol. The first-order valence-electron chi connectivity index (χ1n) is 5.89. The standard InChI is InChI=1S/C14H22O3/c1-5-14(15,10-16-3)9-12-8-11(2)6-7-13(12)17-4/h6-8,15H,5,9-10H2,1-4H3. The van der Waals surface area contributed by atoms with Crippen LogP contribution in [-0.4, -0.2) is 31.5 Å². The summed E-state index contributed by atoms with van der Waals surface area (Å²) in [7, 11) is 3.25. The Hall–Kier alpha value is -1.06. The molecular formula is C14H22O3. The molecule has 3 nitrogen and oxygen atoms in total. The highest BCUT2D eigenvalue weighted by Gasteiger charge is 2.26. The predicted molar refractivity (Wildman–Crippen MR) is 68.6 cm³/mol. The van der Waals surface area contributed by atoms with E-state index in [0.717, 1.165) is 16.9 Å². The molecule has 0 aliphatic carbocycles. The Morgan fingerprint density at radius 1 is 1.29 bits per heavy atom. The van der Waals surface area contributed by atoms with Crippen molar-refractivity contribution in [2.24, 2.45) is 0 Å². The van der Waals surface area contributed by atoms with Gasteiger partial charge in [0.15, 0.2) is 0 Å². The monoisotopic (exact) mass is 238 g/mol. The van der Waals surface area contributed by atoms with Gasteiger partial charge in [-0.15, -0.1) is 0 Å². The zero-order valence-corrected chi connectivity index (χ0v) is 11.1. The molecule has 0 aliphatic rings. The summed E-state index contributed by atoms with van der Waals surface area (Å²) in [6.45, 7) is 4.33. The minimum atomic E-state index is -0.824. The molecule has 0 amide bonds. The number of aliphatic hydroxyl groups is 1. The van der Waals surface area contributed by atoms with Gasteiger partial charge in [0.1, 0.15) is 5.75 Å². The molecule has 17 heavy (non-hydrogen) atoms. The van der Waals surface area contributed by atoms with Crippen molar-refractivity contribution in [1.82, 2.24) is 0 Å². The summed E-state index contributed by atoms with van der Waals surface area (Å²) in [6.07, 6.45) is 1.19. The van der Waals surface area contributed by atoms with Gasteiger partial charge in [0.05, 0.1) is 19.3 Å². The second-order valence-corrected chi connectivity index (χ2v) is 4.50. The Labute approximate surface area is 103 Å². The summed E-state index contributed by atoms with van der Waals surface area (Å²) in [5, 5.41) is 10.4. The molecule has 0 saturated carbocycles. The molecule has 1 atom stereocenters. The Bertz CT molecular complexity index is 362. The van der Waals surface area contributed by atoms with Crippen molar-refractivity contribution in [3.63, 3.8) is 0 Å². The van der Waals surface area contributed by atoms with Crippen LogP contribution in [0.3, 0.4) is 0 Å². The van der Waals surface area contributed by atoms with E-state index in [1.165, 1.54) is 0 Å². The Morgan fingerprint density at radius 2 is 2.00 bits per heavy atom. The summed E-state index contributed by atoms with van der Waals surface area (Å²) in [4.78, 5) is 0. The molecule has 0 heterocycles. The summed E-state index contributed by atoms with van der Waals surface area (Å²) in [5.74, 6) is 0.818. The maximum absolute atomic E-state index is 10.4. The van der Waals surface area contributed by atoms with Gasteiger partial charge in [-0.2, -0.15) is 0 Å². The number of ether oxygens (including phenoxy) is 2. The Morgan fingerprint density at radius 3 is 2.53 bits per heavy atom. The third-order valence-electron chi connectivity index (χ3n) is 3.03. The molecule has 1 aromatic rings. The lowest BCUT2D eigenvalue weighted by atomic mass is 9.91. The molecule has 1 N–H and O–H groups in total. The van der Waals surface area contributed by atoms with Crippen molar-refractivity contribution in [2.45, 2.75) is 32.3 Å². The van der Waals surface area contributed by atoms with E-state index in [-0.39, 0.29) is 0 Å². The van der Waals surface area contributed by atoms with Crippen LogP contribution >= 0.6 is 0 Å². The predicted octanol–water partition coefficient (Wildman–Crippen LogP) is 2.33. The second-order valence-electron chi connectivity index (χ2n) is 4.50. The highest BCUT2D eigenvalue weighted by Crippen LogP contribution is 2.26. The molecule has 0 aliphatic heterocycles. The minimum Gasteiger partial charge on any atom is -0.496 e. The third-order valence-corrected chi connectivity index (χ3v) is 3.03. The van der Waals surface area contributed by atoms with Gasteiger partial charge in [-0.25, -0.2) is 0 Å². The van der Waals surface area contributed by atoms with Crippen LogP contribution < -0.4 is 4.74 Å². The van der Waals surface area contributed by atoms with E-state index in [1.807, 2.05) is 26.0 Å². The van der Waals surface area contributed by atoms with E-state index in [1.54, 1.807) is 14.2 Å². The maximum Gasteiger partial charge on any atom is 0.122 e. The zero-order chi connectivity index (χ0) is 12.9. The van der Waals surface area contributed by atoms with Gasteiger partial charge in [-0.1, -0.05) is 24.6 Å². The Kier molecular flexibility index (Phi) is 4.97. The first-order valence-corrected chi connectivity index (χ1v) is 5.89. The largest absolute Gasteiger partial charge is 0.496 e. The maximum atomic E-state index is 10.4. The van der Waals surface area contributed by atoms with E-state index in [0.29, 0.717) is 19.4 Å². The van der Waals surface area contributed by atoms with Gasteiger partial charge in [-0.05, 0) is 25.0 Å². The van der Waals surface area contributed by atoms with E-state index in [9.17, 15) is 5.11 Å². The van der Waals surface area contributed by atoms with E-state index < -0.39 is 5.60 Å². The molecule has 0 spiro atoms. The second kappa shape index (κ2) is 6.03. The first-order chi connectivity index (χ1) is 8.04. The average Bonchev–Trinajstić information content (AvgIpc) is 2.29. The van der Waals surface area contributed by atoms with Crippen molar-refractivity contribution >= 4 is 0 Å². The molecule has 0 aromatic heterocycles. The fraction of sp³-hybridized carbons (Fsp3) is 0.571. The number of methoxy groups -OCH3 is 2. The number of hydrogen-bond donors (Lipinski definition) is 1. The number of hydrogen-bond acceptors (Lipinski definition) is 3. The van der Waals surface area contributed by atoms with Crippen molar-refractivity contribution < 1.29 is 14.6 Å². The fourth-order valence-corrected chi connectivity index (χ4v) is 1.95. The van der Waals surface area contributed by atoms with E-state index in [2.05, 4.69) is 6.07 Å². The fourth-order valence-electron chi connectivity index (χ4n) is 1.95. The summed E-state index contributed by atoms with van der Waals surface area (Å²) in [5.41, 5.74) is 1.36. The van der Waals surface area contributed by atoms with Gasteiger partial charge < -0.3 is 14.6 Å². The summed E-state index contributed by atoms with van der Waals surface area (Å²) >= 11 is 0. The summed E-state index contributed by atoms with van der Waals surface area (Å²) < 4.78 is 10.4. The van der Waals surface area contributed by atoms with Crippen LogP contribution in [-0.2, 0) is 11.2 Å². The molecule has 1 aromatic carbocycles. The van der Waals surface area contributed by atoms with Crippen LogP contribution in [0.5, 0.6) is 5.75 Å². The zero-order valence-electron chi connectivity index (χ0n) is 11.1. The van der Waals surface area contributed by atoms with Gasteiger partial charge in [0.25, 0.3) is 0 Å². The SMILES string of the molecule is CCC(O)(COC)Cc1cc(C)ccc1OC. The lowest BCUT2D eigenvalue weighted by Crippen LogP contribution is -2.36. The average molecular weight is 238 g/mol. The van der Waals surface area contributed by atoms with Crippen LogP contribution in [0.1, 0.15) is 24.5 Å². The molecule has 0 radical (unpaired) electrons. The van der Waals surface area contributed by atoms with Crippen molar-refractivity contribution in [3.05, 3.63) is 29.3 Å². The molecule has 0 bridgehead atoms. The molecule has 1 unspecified atom stereocenters. The number of benzene rings is 1. The quantitative estimate of drug-likeness (QED) is 0.826. The lowest BCUT2D eigenvalue weighted by Gasteiger charge is -2.26. The Balaban J connectivity index is 2.95. The topological polar surface area (TPSA) is 38.7 Å². The van der Waals surface area contributed by atoms with E-state index in [4.69, 9.17) is 9.47 Å². The molecule has 3 heteroatoms. The van der Waals surface area contributed by atoms with Crippen LogP contribution in [0.25, 0.3) is 0 Å². The molecule has 1 rings (SSSR count). The van der Waals surface area contributed by atoms with Crippen LogP contribution in [0.4, 0.5) is 0 Å². The van der Waals surface area contributed by atoms with Gasteiger partial charge >= 0.3 is 0 Å². The molecule has 0 saturated heterocycles. The summed E-state index contributed by atoms with van der Waals surface area (Å²) in [6, 6.07) is 5.99. The lowest BCUT2D eigenvalue weighted by molar-refractivity contribution is -0.0336.